The number of rotatable bonds is 3. The molecule has 6 aliphatic rings. The van der Waals surface area contributed by atoms with Crippen molar-refractivity contribution in [2.24, 2.45) is 46.3 Å². The van der Waals surface area contributed by atoms with E-state index in [1.807, 2.05) is 6.92 Å². The minimum atomic E-state index is -4.31. The highest BCUT2D eigenvalue weighted by molar-refractivity contribution is 5.16. The van der Waals surface area contributed by atoms with Crippen LogP contribution in [0.15, 0.2) is 0 Å². The molecule has 5 heteroatoms. The fraction of sp³-hybridized carbons (Fsp3) is 1.00. The van der Waals surface area contributed by atoms with E-state index in [1.165, 1.54) is 6.42 Å². The summed E-state index contributed by atoms with van der Waals surface area (Å²) in [6, 6.07) is 0. The second-order valence-corrected chi connectivity index (χ2v) is 10.3. The van der Waals surface area contributed by atoms with Crippen LogP contribution in [0.3, 0.4) is 0 Å². The van der Waals surface area contributed by atoms with E-state index in [2.05, 4.69) is 0 Å². The van der Waals surface area contributed by atoms with Crippen molar-refractivity contribution >= 4 is 0 Å². The van der Waals surface area contributed by atoms with Crippen molar-refractivity contribution in [3.05, 3.63) is 0 Å². The monoisotopic (exact) mass is 358 g/mol. The first-order valence-electron chi connectivity index (χ1n) is 10.2. The van der Waals surface area contributed by atoms with Gasteiger partial charge in [-0.1, -0.05) is 13.3 Å². The number of hydrogen-bond acceptors (Lipinski definition) is 2. The Labute approximate surface area is 147 Å². The molecule has 1 N–H and O–H groups in total. The summed E-state index contributed by atoms with van der Waals surface area (Å²) in [6.45, 7) is 2.03. The molecular weight excluding hydrogens is 329 g/mol. The van der Waals surface area contributed by atoms with Gasteiger partial charge in [-0.05, 0) is 86.9 Å². The lowest BCUT2D eigenvalue weighted by Gasteiger charge is -2.64. The van der Waals surface area contributed by atoms with Crippen molar-refractivity contribution in [3.8, 4) is 0 Å². The van der Waals surface area contributed by atoms with E-state index < -0.39 is 23.1 Å². The molecule has 0 heterocycles. The normalized spacial score (nSPS) is 55.1. The number of halogens is 3. The van der Waals surface area contributed by atoms with Gasteiger partial charge < -0.3 is 0 Å². The van der Waals surface area contributed by atoms with Crippen molar-refractivity contribution in [1.29, 1.82) is 0 Å². The molecule has 0 aromatic heterocycles. The summed E-state index contributed by atoms with van der Waals surface area (Å²) in [5, 5.41) is 9.89. The lowest BCUT2D eigenvalue weighted by Crippen LogP contribution is -2.65. The summed E-state index contributed by atoms with van der Waals surface area (Å²) < 4.78 is 43.5. The van der Waals surface area contributed by atoms with Crippen molar-refractivity contribution in [2.45, 2.75) is 77.0 Å². The summed E-state index contributed by atoms with van der Waals surface area (Å²) in [5.74, 6) is 1.72. The van der Waals surface area contributed by atoms with Crippen LogP contribution in [0.1, 0.15) is 64.7 Å². The van der Waals surface area contributed by atoms with Crippen molar-refractivity contribution in [3.63, 3.8) is 0 Å². The molecule has 6 fully saturated rings. The maximum atomic E-state index is 14.5. The molecule has 4 atom stereocenters. The third-order valence-corrected chi connectivity index (χ3v) is 9.46. The Hall–Kier alpha value is -0.290. The van der Waals surface area contributed by atoms with Gasteiger partial charge >= 0.3 is 6.18 Å². The van der Waals surface area contributed by atoms with Gasteiger partial charge in [0.05, 0.1) is 5.41 Å². The molecule has 4 unspecified atom stereocenters. The highest BCUT2D eigenvalue weighted by atomic mass is 19.4. The Bertz CT molecular complexity index is 532. The Kier molecular flexibility index (Phi) is 3.47. The third-order valence-electron chi connectivity index (χ3n) is 9.46. The van der Waals surface area contributed by atoms with Crippen LogP contribution in [0.2, 0.25) is 0 Å². The van der Waals surface area contributed by atoms with Gasteiger partial charge in [0.1, 0.15) is 6.10 Å². The summed E-state index contributed by atoms with van der Waals surface area (Å²) >= 11 is 0. The van der Waals surface area contributed by atoms with Crippen LogP contribution in [0.5, 0.6) is 0 Å². The Morgan fingerprint density at radius 3 is 1.84 bits per heavy atom. The first-order chi connectivity index (χ1) is 11.8. The van der Waals surface area contributed by atoms with Gasteiger partial charge in [0.15, 0.2) is 0 Å². The van der Waals surface area contributed by atoms with Gasteiger partial charge in [-0.15, -0.1) is 0 Å². The summed E-state index contributed by atoms with van der Waals surface area (Å²) in [6.07, 6.45) is 2.37. The fourth-order valence-electron chi connectivity index (χ4n) is 8.58. The zero-order valence-corrected chi connectivity index (χ0v) is 14.9. The Morgan fingerprint density at radius 1 is 0.880 bits per heavy atom. The second-order valence-electron chi connectivity index (χ2n) is 10.3. The SMILES string of the molecule is CC1(C(OO)C2(C(F)(F)F)CC3CCC2C3)C2CC3CC(C2)CC1C3. The predicted octanol–water partition coefficient (Wildman–Crippen LogP) is 5.68. The Morgan fingerprint density at radius 2 is 1.44 bits per heavy atom. The van der Waals surface area contributed by atoms with Gasteiger partial charge in [-0.2, -0.15) is 13.2 Å². The molecule has 0 aliphatic heterocycles. The van der Waals surface area contributed by atoms with Crippen LogP contribution in [0.4, 0.5) is 13.2 Å². The van der Waals surface area contributed by atoms with Crippen molar-refractivity contribution in [2.75, 3.05) is 0 Å². The summed E-state index contributed by atoms with van der Waals surface area (Å²) in [4.78, 5) is 4.93. The van der Waals surface area contributed by atoms with Crippen LogP contribution in [-0.2, 0) is 4.89 Å². The number of fused-ring (bicyclic) bond motifs is 2. The average Bonchev–Trinajstić information content (AvgIpc) is 3.13. The van der Waals surface area contributed by atoms with Crippen LogP contribution in [0, 0.1) is 46.3 Å². The van der Waals surface area contributed by atoms with Crippen LogP contribution >= 0.6 is 0 Å². The molecule has 6 saturated carbocycles. The minimum Gasteiger partial charge on any atom is -0.251 e. The van der Waals surface area contributed by atoms with Crippen molar-refractivity contribution < 1.29 is 23.3 Å². The van der Waals surface area contributed by atoms with Gasteiger partial charge in [0.25, 0.3) is 0 Å². The third kappa shape index (κ3) is 2.00. The summed E-state index contributed by atoms with van der Waals surface area (Å²) in [7, 11) is 0. The summed E-state index contributed by atoms with van der Waals surface area (Å²) in [5.41, 5.74) is -2.38. The topological polar surface area (TPSA) is 29.5 Å². The van der Waals surface area contributed by atoms with E-state index in [0.717, 1.165) is 32.1 Å². The molecular formula is C20H29F3O2. The van der Waals surface area contributed by atoms with Gasteiger partial charge in [0.2, 0.25) is 0 Å². The smallest absolute Gasteiger partial charge is 0.251 e. The van der Waals surface area contributed by atoms with Crippen molar-refractivity contribution in [1.82, 2.24) is 0 Å². The van der Waals surface area contributed by atoms with Gasteiger partial charge in [-0.25, -0.2) is 4.89 Å². The van der Waals surface area contributed by atoms with E-state index in [9.17, 15) is 18.4 Å². The van der Waals surface area contributed by atoms with Crippen LogP contribution in [0.25, 0.3) is 0 Å². The van der Waals surface area contributed by atoms with E-state index >= 15 is 0 Å². The molecule has 2 nitrogen and oxygen atoms in total. The molecule has 0 amide bonds. The first-order valence-corrected chi connectivity index (χ1v) is 10.2. The molecule has 6 rings (SSSR count). The fourth-order valence-corrected chi connectivity index (χ4v) is 8.58. The number of alkyl halides is 3. The molecule has 0 aromatic rings. The molecule has 0 radical (unpaired) electrons. The predicted molar refractivity (Wildman–Crippen MR) is 86.6 cm³/mol. The highest BCUT2D eigenvalue weighted by Crippen LogP contribution is 2.72. The maximum Gasteiger partial charge on any atom is 0.397 e. The maximum absolute atomic E-state index is 14.5. The van der Waals surface area contributed by atoms with E-state index in [-0.39, 0.29) is 30.1 Å². The van der Waals surface area contributed by atoms with E-state index in [4.69, 9.17) is 4.89 Å². The van der Waals surface area contributed by atoms with Crippen LogP contribution in [-0.4, -0.2) is 17.5 Å². The second kappa shape index (κ2) is 5.15. The first kappa shape index (κ1) is 16.9. The van der Waals surface area contributed by atoms with E-state index in [1.54, 1.807) is 0 Å². The number of hydrogen-bond donors (Lipinski definition) is 1. The molecule has 0 spiro atoms. The van der Waals surface area contributed by atoms with Gasteiger partial charge in [0, 0.05) is 5.41 Å². The lowest BCUT2D eigenvalue weighted by molar-refractivity contribution is -0.398. The molecule has 25 heavy (non-hydrogen) atoms. The molecule has 6 aliphatic carbocycles. The molecule has 6 bridgehead atoms. The minimum absolute atomic E-state index is 0.157. The lowest BCUT2D eigenvalue weighted by atomic mass is 9.41. The highest BCUT2D eigenvalue weighted by Gasteiger charge is 2.74. The molecule has 142 valence electrons. The zero-order valence-electron chi connectivity index (χ0n) is 14.9. The Balaban J connectivity index is 1.58. The largest absolute Gasteiger partial charge is 0.397 e. The zero-order chi connectivity index (χ0) is 17.6. The average molecular weight is 358 g/mol. The molecule has 0 saturated heterocycles. The van der Waals surface area contributed by atoms with Gasteiger partial charge in [-0.3, -0.25) is 5.26 Å². The quantitative estimate of drug-likeness (QED) is 0.520. The van der Waals surface area contributed by atoms with E-state index in [0.29, 0.717) is 24.7 Å². The molecule has 0 aromatic carbocycles. The van der Waals surface area contributed by atoms with Crippen LogP contribution < -0.4 is 0 Å². The standard InChI is InChI=1S/C20H29F3O2/c1-18(15-6-12-4-13(8-15)9-16(18)7-12)17(25-24)19(20(21,22)23)10-11-2-3-14(19)5-11/h11-17,24H,2-10H2,1H3.